The van der Waals surface area contributed by atoms with Crippen LogP contribution in [-0.4, -0.2) is 75.9 Å². The summed E-state index contributed by atoms with van der Waals surface area (Å²) in [7, 11) is 1.67. The summed E-state index contributed by atoms with van der Waals surface area (Å²) in [6.45, 7) is 0. The molecule has 1 unspecified atom stereocenters. The number of aromatic nitrogens is 5. The van der Waals surface area contributed by atoms with Gasteiger partial charge in [-0.05, 0) is 16.0 Å². The van der Waals surface area contributed by atoms with Crippen molar-refractivity contribution in [2.24, 2.45) is 7.05 Å². The Labute approximate surface area is 198 Å². The molecule has 0 radical (unpaired) electrons. The lowest BCUT2D eigenvalue weighted by atomic mass is 10.0. The molecule has 13 nitrogen and oxygen atoms in total. The molecule has 0 saturated carbocycles. The minimum atomic E-state index is -1.23. The Hall–Kier alpha value is -3.42. The van der Waals surface area contributed by atoms with Crippen LogP contribution in [0.15, 0.2) is 27.9 Å². The predicted molar refractivity (Wildman–Crippen MR) is 119 cm³/mol. The van der Waals surface area contributed by atoms with Crippen molar-refractivity contribution in [2.75, 3.05) is 17.2 Å². The predicted octanol–water partition coefficient (Wildman–Crippen LogP) is -0.313. The summed E-state index contributed by atoms with van der Waals surface area (Å²) < 4.78 is 1.47. The fourth-order valence-corrected chi connectivity index (χ4v) is 6.14. The van der Waals surface area contributed by atoms with E-state index < -0.39 is 29.2 Å². The Morgan fingerprint density at radius 1 is 1.52 bits per heavy atom. The van der Waals surface area contributed by atoms with E-state index in [0.717, 1.165) is 17.4 Å². The number of allylic oxidation sites excluding steroid dienone is 1. The lowest BCUT2D eigenvalue weighted by Gasteiger charge is -2.49. The Kier molecular flexibility index (Phi) is 6.35. The Balaban J connectivity index is 1.50. The number of carbonyl (C=O) groups is 3. The zero-order chi connectivity index (χ0) is 23.7. The second-order valence-electron chi connectivity index (χ2n) is 6.75. The molecule has 1 fully saturated rings. The first kappa shape index (κ1) is 22.8. The van der Waals surface area contributed by atoms with E-state index in [1.807, 2.05) is 0 Å². The molecule has 0 bridgehead atoms. The Bertz CT molecular complexity index is 1240. The van der Waals surface area contributed by atoms with E-state index >= 15 is 0 Å². The summed E-state index contributed by atoms with van der Waals surface area (Å²) in [6.07, 6.45) is 1.03. The molecule has 0 aromatic carbocycles. The lowest BCUT2D eigenvalue weighted by Crippen LogP contribution is -2.70. The van der Waals surface area contributed by atoms with E-state index in [-0.39, 0.29) is 27.8 Å². The summed E-state index contributed by atoms with van der Waals surface area (Å²) in [5.41, 5.74) is 6.26. The Morgan fingerprint density at radius 3 is 2.91 bits per heavy atom. The van der Waals surface area contributed by atoms with Crippen LogP contribution in [0.25, 0.3) is 5.57 Å². The van der Waals surface area contributed by atoms with Crippen LogP contribution >= 0.6 is 34.9 Å². The quantitative estimate of drug-likeness (QED) is 0.192. The number of amides is 2. The van der Waals surface area contributed by atoms with Gasteiger partial charge in [0.05, 0.1) is 17.3 Å². The van der Waals surface area contributed by atoms with Crippen LogP contribution in [0.3, 0.4) is 0 Å². The normalized spacial score (nSPS) is 20.2. The summed E-state index contributed by atoms with van der Waals surface area (Å²) in [5, 5.41) is 34.2. The van der Waals surface area contributed by atoms with Crippen molar-refractivity contribution in [3.63, 3.8) is 0 Å². The maximum Gasteiger partial charge on any atom is 0.352 e. The number of nitrogen functional groups attached to an aromatic ring is 1. The summed E-state index contributed by atoms with van der Waals surface area (Å²) in [4.78, 5) is 42.8. The van der Waals surface area contributed by atoms with Crippen molar-refractivity contribution in [2.45, 2.75) is 16.6 Å². The molecule has 1 saturated heterocycles. The number of nitriles is 1. The molecular formula is C17H15N9O4S3. The van der Waals surface area contributed by atoms with Gasteiger partial charge in [0.1, 0.15) is 17.1 Å². The first-order valence-corrected chi connectivity index (χ1v) is 12.1. The maximum absolute atomic E-state index is 12.8. The molecule has 0 spiro atoms. The fraction of sp³-hybridized carbons (Fsp3) is 0.294. The van der Waals surface area contributed by atoms with Gasteiger partial charge in [-0.15, -0.1) is 28.2 Å². The van der Waals surface area contributed by atoms with E-state index in [2.05, 4.69) is 25.8 Å². The number of anilines is 1. The molecule has 2 aromatic rings. The van der Waals surface area contributed by atoms with Gasteiger partial charge in [0, 0.05) is 30.0 Å². The second kappa shape index (κ2) is 9.21. The average molecular weight is 506 g/mol. The number of nitrogens with one attached hydrogen (secondary N) is 1. The second-order valence-corrected chi connectivity index (χ2v) is 9.69. The number of carboxylic acids is 1. The number of thiazole rings is 1. The number of carboxylic acid groups (broad SMARTS) is 1. The number of hydrogen-bond donors (Lipinski definition) is 3. The van der Waals surface area contributed by atoms with Crippen molar-refractivity contribution < 1.29 is 19.5 Å². The molecular weight excluding hydrogens is 490 g/mol. The highest BCUT2D eigenvalue weighted by Crippen LogP contribution is 2.41. The molecule has 16 heteroatoms. The van der Waals surface area contributed by atoms with Crippen molar-refractivity contribution >= 4 is 63.3 Å². The molecule has 2 aliphatic rings. The van der Waals surface area contributed by atoms with Crippen molar-refractivity contribution in [3.05, 3.63) is 28.4 Å². The molecule has 2 atom stereocenters. The van der Waals surface area contributed by atoms with E-state index in [4.69, 9.17) is 11.0 Å². The number of tetrazole rings is 1. The number of thioether (sulfide) groups is 2. The number of aliphatic carboxylic acids is 1. The number of fused-ring (bicyclic) bond motifs is 1. The SMILES string of the molecule is Cn1nnnc1SCC1=C(C(=O)O)N2C(=O)C(NC(=O)/C(=C/C#N)c3csc(N)n3)[C@H]2SC1. The van der Waals surface area contributed by atoms with Crippen molar-refractivity contribution in [1.29, 1.82) is 5.26 Å². The van der Waals surface area contributed by atoms with Crippen molar-refractivity contribution in [1.82, 2.24) is 35.4 Å². The van der Waals surface area contributed by atoms with Gasteiger partial charge in [0.2, 0.25) is 5.16 Å². The molecule has 33 heavy (non-hydrogen) atoms. The molecule has 4 N–H and O–H groups in total. The third-order valence-electron chi connectivity index (χ3n) is 4.74. The van der Waals surface area contributed by atoms with Crippen LogP contribution in [0, 0.1) is 11.3 Å². The summed E-state index contributed by atoms with van der Waals surface area (Å²) in [6, 6.07) is 0.850. The van der Waals surface area contributed by atoms with Gasteiger partial charge < -0.3 is 16.2 Å². The standard InChI is InChI=1S/C17H15N9O4S3/c1-25-17(22-23-24-25)33-5-7-4-31-14-10(13(28)26(14)11(7)15(29)30)21-12(27)8(2-3-18)9-6-32-16(19)20-9/h2,6,10,14H,4-5H2,1H3,(H2,19,20)(H,21,27)(H,29,30)/b8-2+/t10?,14-/m1/s1. The highest BCUT2D eigenvalue weighted by atomic mass is 32.2. The fourth-order valence-electron chi connectivity index (χ4n) is 3.24. The molecule has 170 valence electrons. The van der Waals surface area contributed by atoms with Crippen LogP contribution in [0.5, 0.6) is 0 Å². The van der Waals surface area contributed by atoms with Gasteiger partial charge in [0.25, 0.3) is 11.8 Å². The molecule has 2 aromatic heterocycles. The van der Waals surface area contributed by atoms with Crippen LogP contribution in [-0.2, 0) is 21.4 Å². The summed E-state index contributed by atoms with van der Waals surface area (Å²) in [5.74, 6) is -1.80. The highest BCUT2D eigenvalue weighted by Gasteiger charge is 2.54. The Morgan fingerprint density at radius 2 is 2.30 bits per heavy atom. The molecule has 4 heterocycles. The first-order chi connectivity index (χ1) is 15.8. The number of nitrogens with zero attached hydrogens (tertiary/aromatic N) is 7. The zero-order valence-electron chi connectivity index (χ0n) is 16.8. The average Bonchev–Trinajstić information content (AvgIpc) is 3.40. The van der Waals surface area contributed by atoms with Crippen LogP contribution in [0.4, 0.5) is 5.13 Å². The lowest BCUT2D eigenvalue weighted by molar-refractivity contribution is -0.150. The molecule has 2 aliphatic heterocycles. The number of carbonyl (C=O) groups excluding carboxylic acids is 2. The van der Waals surface area contributed by atoms with Crippen LogP contribution in [0.1, 0.15) is 5.69 Å². The number of hydrogen-bond acceptors (Lipinski definition) is 12. The monoisotopic (exact) mass is 505 g/mol. The van der Waals surface area contributed by atoms with E-state index in [9.17, 15) is 19.5 Å². The summed E-state index contributed by atoms with van der Waals surface area (Å²) >= 11 is 3.71. The topological polar surface area (TPSA) is 193 Å². The van der Waals surface area contributed by atoms with Gasteiger partial charge in [-0.25, -0.2) is 14.5 Å². The number of β-lactam (4-membered cyclic amide) rings is 1. The largest absolute Gasteiger partial charge is 0.477 e. The number of nitrogens with two attached hydrogens (primary N) is 1. The van der Waals surface area contributed by atoms with Gasteiger partial charge in [-0.1, -0.05) is 11.8 Å². The van der Waals surface area contributed by atoms with E-state index in [0.29, 0.717) is 16.5 Å². The van der Waals surface area contributed by atoms with Crippen LogP contribution in [0.2, 0.25) is 0 Å². The number of aryl methyl sites for hydroxylation is 1. The zero-order valence-corrected chi connectivity index (χ0v) is 19.3. The van der Waals surface area contributed by atoms with Crippen LogP contribution < -0.4 is 11.1 Å². The first-order valence-electron chi connectivity index (χ1n) is 9.19. The van der Waals surface area contributed by atoms with Gasteiger partial charge >= 0.3 is 5.97 Å². The molecule has 4 rings (SSSR count). The molecule has 2 amide bonds. The highest BCUT2D eigenvalue weighted by molar-refractivity contribution is 8.01. The third kappa shape index (κ3) is 4.29. The van der Waals surface area contributed by atoms with Gasteiger partial charge in [0.15, 0.2) is 5.13 Å². The third-order valence-corrected chi connectivity index (χ3v) is 7.85. The van der Waals surface area contributed by atoms with Crippen molar-refractivity contribution in [3.8, 4) is 6.07 Å². The smallest absolute Gasteiger partial charge is 0.352 e. The molecule has 0 aliphatic carbocycles. The van der Waals surface area contributed by atoms with E-state index in [1.165, 1.54) is 38.5 Å². The number of rotatable bonds is 7. The minimum Gasteiger partial charge on any atom is -0.477 e. The maximum atomic E-state index is 12.8. The minimum absolute atomic E-state index is 0.0270. The van der Waals surface area contributed by atoms with Gasteiger partial charge in [-0.2, -0.15) is 5.26 Å². The van der Waals surface area contributed by atoms with Gasteiger partial charge in [-0.3, -0.25) is 14.5 Å². The van der Waals surface area contributed by atoms with E-state index in [1.54, 1.807) is 13.1 Å².